The molecule has 116 valence electrons. The van der Waals surface area contributed by atoms with E-state index in [1.165, 1.54) is 38.5 Å². The van der Waals surface area contributed by atoms with E-state index in [1.807, 2.05) is 18.2 Å². The molecule has 0 amide bonds. The zero-order valence-corrected chi connectivity index (χ0v) is 14.6. The van der Waals surface area contributed by atoms with E-state index in [2.05, 4.69) is 15.9 Å². The van der Waals surface area contributed by atoms with Crippen LogP contribution in [0.3, 0.4) is 0 Å². The van der Waals surface area contributed by atoms with Crippen molar-refractivity contribution in [1.82, 2.24) is 0 Å². The lowest BCUT2D eigenvalue weighted by Gasteiger charge is -2.33. The van der Waals surface area contributed by atoms with Gasteiger partial charge >= 0.3 is 0 Å². The van der Waals surface area contributed by atoms with Crippen molar-refractivity contribution >= 4 is 27.5 Å². The normalized spacial score (nSPS) is 24.4. The van der Waals surface area contributed by atoms with Crippen molar-refractivity contribution in [2.75, 3.05) is 6.61 Å². The molecular formula is C17H22BrClO2. The summed E-state index contributed by atoms with van der Waals surface area (Å²) in [6.45, 7) is 0.642. The van der Waals surface area contributed by atoms with Crippen LogP contribution in [-0.4, -0.2) is 18.3 Å². The minimum absolute atomic E-state index is 0.171. The Morgan fingerprint density at radius 1 is 1.24 bits per heavy atom. The Bertz CT molecular complexity index is 486. The molecule has 2 aliphatic rings. The lowest BCUT2D eigenvalue weighted by molar-refractivity contribution is -0.0749. The second-order valence-electron chi connectivity index (χ2n) is 6.22. The molecule has 1 saturated carbocycles. The molecule has 2 fully saturated rings. The highest BCUT2D eigenvalue weighted by molar-refractivity contribution is 9.08. The first-order valence-electron chi connectivity index (χ1n) is 7.86. The van der Waals surface area contributed by atoms with Gasteiger partial charge in [-0.1, -0.05) is 46.8 Å². The molecule has 0 aromatic heterocycles. The topological polar surface area (TPSA) is 18.5 Å². The van der Waals surface area contributed by atoms with E-state index < -0.39 is 0 Å². The highest BCUT2D eigenvalue weighted by Gasteiger charge is 2.40. The lowest BCUT2D eigenvalue weighted by Crippen LogP contribution is -2.32. The molecule has 21 heavy (non-hydrogen) atoms. The molecule has 1 saturated heterocycles. The summed E-state index contributed by atoms with van der Waals surface area (Å²) in [5, 5.41) is 1.49. The average Bonchev–Trinajstić information content (AvgIpc) is 2.89. The summed E-state index contributed by atoms with van der Waals surface area (Å²) < 4.78 is 12.3. The maximum atomic E-state index is 6.35. The number of rotatable bonds is 4. The summed E-state index contributed by atoms with van der Waals surface area (Å²) in [5.74, 6) is 0.907. The van der Waals surface area contributed by atoms with Gasteiger partial charge in [0.15, 0.2) is 0 Å². The van der Waals surface area contributed by atoms with Crippen molar-refractivity contribution in [1.29, 1.82) is 0 Å². The second-order valence-corrected chi connectivity index (χ2v) is 7.22. The van der Waals surface area contributed by atoms with Gasteiger partial charge in [0.2, 0.25) is 0 Å². The van der Waals surface area contributed by atoms with Crippen molar-refractivity contribution in [3.63, 3.8) is 0 Å². The third kappa shape index (κ3) is 3.75. The molecule has 1 spiro atoms. The van der Waals surface area contributed by atoms with Gasteiger partial charge in [-0.2, -0.15) is 0 Å². The molecule has 1 heterocycles. The van der Waals surface area contributed by atoms with Gasteiger partial charge in [0.25, 0.3) is 0 Å². The minimum atomic E-state index is 0.171. The van der Waals surface area contributed by atoms with Crippen LogP contribution in [0.15, 0.2) is 18.2 Å². The van der Waals surface area contributed by atoms with Gasteiger partial charge in [0.1, 0.15) is 12.4 Å². The van der Waals surface area contributed by atoms with Crippen LogP contribution in [0.5, 0.6) is 5.75 Å². The fraction of sp³-hybridized carbons (Fsp3) is 0.647. The van der Waals surface area contributed by atoms with Crippen LogP contribution in [0.4, 0.5) is 0 Å². The fourth-order valence-electron chi connectivity index (χ4n) is 3.55. The Morgan fingerprint density at radius 3 is 2.81 bits per heavy atom. The Labute approximate surface area is 140 Å². The molecule has 1 aliphatic heterocycles. The molecular weight excluding hydrogens is 352 g/mol. The average molecular weight is 374 g/mol. The number of ether oxygens (including phenoxy) is 2. The van der Waals surface area contributed by atoms with E-state index in [1.54, 1.807) is 0 Å². The Morgan fingerprint density at radius 2 is 2.05 bits per heavy atom. The minimum Gasteiger partial charge on any atom is -0.491 e. The Balaban J connectivity index is 1.56. The maximum Gasteiger partial charge on any atom is 0.123 e. The summed E-state index contributed by atoms with van der Waals surface area (Å²) >= 11 is 9.50. The fourth-order valence-corrected chi connectivity index (χ4v) is 4.19. The lowest BCUT2D eigenvalue weighted by atomic mass is 9.83. The number of alkyl halides is 1. The first kappa shape index (κ1) is 15.6. The van der Waals surface area contributed by atoms with Gasteiger partial charge in [-0.3, -0.25) is 0 Å². The van der Waals surface area contributed by atoms with E-state index in [9.17, 15) is 0 Å². The highest BCUT2D eigenvalue weighted by Crippen LogP contribution is 2.42. The number of benzene rings is 1. The molecule has 0 radical (unpaired) electrons. The van der Waals surface area contributed by atoms with E-state index in [0.29, 0.717) is 6.61 Å². The molecule has 2 nitrogen and oxygen atoms in total. The molecule has 3 rings (SSSR count). The molecule has 0 N–H and O–H groups in total. The van der Waals surface area contributed by atoms with Crippen molar-refractivity contribution in [3.8, 4) is 5.75 Å². The summed E-state index contributed by atoms with van der Waals surface area (Å²) in [4.78, 5) is 0. The van der Waals surface area contributed by atoms with E-state index in [-0.39, 0.29) is 11.7 Å². The predicted molar refractivity (Wildman–Crippen MR) is 89.5 cm³/mol. The summed E-state index contributed by atoms with van der Waals surface area (Å²) in [5.41, 5.74) is 1.26. The van der Waals surface area contributed by atoms with Gasteiger partial charge in [-0.15, -0.1) is 0 Å². The molecule has 1 aliphatic carbocycles. The molecule has 1 atom stereocenters. The van der Waals surface area contributed by atoms with Crippen LogP contribution < -0.4 is 4.74 Å². The zero-order chi connectivity index (χ0) is 14.7. The molecule has 1 aromatic carbocycles. The first-order chi connectivity index (χ1) is 10.2. The molecule has 1 aromatic rings. The van der Waals surface area contributed by atoms with Crippen LogP contribution in [0.2, 0.25) is 5.02 Å². The maximum absolute atomic E-state index is 6.35. The van der Waals surface area contributed by atoms with Gasteiger partial charge < -0.3 is 9.47 Å². The van der Waals surface area contributed by atoms with Crippen LogP contribution >= 0.6 is 27.5 Å². The number of hydrogen-bond acceptors (Lipinski definition) is 2. The first-order valence-corrected chi connectivity index (χ1v) is 9.36. The van der Waals surface area contributed by atoms with Crippen LogP contribution in [0.25, 0.3) is 0 Å². The van der Waals surface area contributed by atoms with Gasteiger partial charge in [-0.25, -0.2) is 0 Å². The van der Waals surface area contributed by atoms with Gasteiger partial charge in [0, 0.05) is 15.9 Å². The Hall–Kier alpha value is -0.250. The molecule has 0 bridgehead atoms. The monoisotopic (exact) mass is 372 g/mol. The third-order valence-corrected chi connectivity index (χ3v) is 5.53. The number of hydrogen-bond donors (Lipinski definition) is 0. The Kier molecular flexibility index (Phi) is 5.13. The molecule has 1 unspecified atom stereocenters. The van der Waals surface area contributed by atoms with Crippen LogP contribution in [-0.2, 0) is 10.1 Å². The quantitative estimate of drug-likeness (QED) is 0.649. The standard InChI is InChI=1S/C17H22BrClO2/c18-11-13-10-14(19)4-5-16(13)20-12-15-6-9-17(21-15)7-2-1-3-8-17/h4-5,10,15H,1-3,6-9,11-12H2. The van der Waals surface area contributed by atoms with Crippen molar-refractivity contribution in [2.24, 2.45) is 0 Å². The predicted octanol–water partition coefficient (Wildman–Crippen LogP) is 5.50. The number of halogens is 2. The summed E-state index contributed by atoms with van der Waals surface area (Å²) in [6.07, 6.45) is 9.03. The smallest absolute Gasteiger partial charge is 0.123 e. The van der Waals surface area contributed by atoms with Crippen LogP contribution in [0.1, 0.15) is 50.5 Å². The van der Waals surface area contributed by atoms with Gasteiger partial charge in [-0.05, 0) is 43.9 Å². The summed E-state index contributed by atoms with van der Waals surface area (Å²) in [6, 6.07) is 5.77. The largest absolute Gasteiger partial charge is 0.491 e. The van der Waals surface area contributed by atoms with E-state index in [4.69, 9.17) is 21.1 Å². The SMILES string of the molecule is Clc1ccc(OCC2CCC3(CCCCC3)O2)c(CBr)c1. The van der Waals surface area contributed by atoms with Crippen molar-refractivity contribution in [2.45, 2.75) is 62.0 Å². The molecule has 4 heteroatoms. The third-order valence-electron chi connectivity index (χ3n) is 4.69. The van der Waals surface area contributed by atoms with Crippen molar-refractivity contribution < 1.29 is 9.47 Å². The zero-order valence-electron chi connectivity index (χ0n) is 12.2. The summed E-state index contributed by atoms with van der Waals surface area (Å²) in [7, 11) is 0. The van der Waals surface area contributed by atoms with E-state index in [0.717, 1.165) is 28.1 Å². The highest BCUT2D eigenvalue weighted by atomic mass is 79.9. The van der Waals surface area contributed by atoms with Crippen LogP contribution in [0, 0.1) is 0 Å². The van der Waals surface area contributed by atoms with E-state index >= 15 is 0 Å². The van der Waals surface area contributed by atoms with Gasteiger partial charge in [0.05, 0.1) is 11.7 Å². The second kappa shape index (κ2) is 6.89. The van der Waals surface area contributed by atoms with Crippen molar-refractivity contribution in [3.05, 3.63) is 28.8 Å².